The molecule has 4 heteroatoms. The van der Waals surface area contributed by atoms with Gasteiger partial charge in [0.15, 0.2) is 0 Å². The molecule has 2 aromatic rings. The van der Waals surface area contributed by atoms with Gasteiger partial charge in [-0.3, -0.25) is 0 Å². The molecule has 0 aliphatic carbocycles. The van der Waals surface area contributed by atoms with Gasteiger partial charge in [0, 0.05) is 5.56 Å². The molecule has 1 unspecified atom stereocenters. The summed E-state index contributed by atoms with van der Waals surface area (Å²) < 4.78 is 16.0. The van der Waals surface area contributed by atoms with Crippen molar-refractivity contribution in [3.05, 3.63) is 47.4 Å². The van der Waals surface area contributed by atoms with Gasteiger partial charge in [-0.05, 0) is 36.8 Å². The number of hydrogen-bond acceptors (Lipinski definition) is 4. The van der Waals surface area contributed by atoms with Crippen molar-refractivity contribution in [2.24, 2.45) is 5.73 Å². The summed E-state index contributed by atoms with van der Waals surface area (Å²) in [5.74, 6) is 2.20. The van der Waals surface area contributed by atoms with Gasteiger partial charge in [0.25, 0.3) is 0 Å². The van der Waals surface area contributed by atoms with E-state index in [1.54, 1.807) is 20.5 Å². The molecule has 96 valence electrons. The Labute approximate surface area is 106 Å². The van der Waals surface area contributed by atoms with Gasteiger partial charge in [0.1, 0.15) is 17.3 Å². The van der Waals surface area contributed by atoms with E-state index < -0.39 is 0 Å². The maximum atomic E-state index is 6.23. The standard InChI is InChI=1S/C14H17NO3/c1-9-6-7-18-14(9)13(15)11-8-10(16-2)4-5-12(11)17-3/h4-8,13H,15H2,1-3H3. The number of rotatable bonds is 4. The molecule has 0 spiro atoms. The Morgan fingerprint density at radius 1 is 1.17 bits per heavy atom. The zero-order valence-electron chi connectivity index (χ0n) is 10.8. The number of furan rings is 1. The Bertz CT molecular complexity index is 534. The Morgan fingerprint density at radius 3 is 2.50 bits per heavy atom. The zero-order valence-corrected chi connectivity index (χ0v) is 10.8. The van der Waals surface area contributed by atoms with Crippen LogP contribution in [0.15, 0.2) is 34.9 Å². The molecule has 1 aromatic heterocycles. The van der Waals surface area contributed by atoms with Gasteiger partial charge < -0.3 is 19.6 Å². The summed E-state index contributed by atoms with van der Waals surface area (Å²) >= 11 is 0. The molecule has 0 fully saturated rings. The minimum atomic E-state index is -0.370. The van der Waals surface area contributed by atoms with Crippen molar-refractivity contribution in [3.63, 3.8) is 0 Å². The van der Waals surface area contributed by atoms with Crippen LogP contribution in [0.3, 0.4) is 0 Å². The number of benzene rings is 1. The molecule has 0 aliphatic heterocycles. The Hall–Kier alpha value is -1.94. The minimum Gasteiger partial charge on any atom is -0.497 e. The van der Waals surface area contributed by atoms with Crippen LogP contribution in [-0.4, -0.2) is 14.2 Å². The fourth-order valence-electron chi connectivity index (χ4n) is 1.93. The second-order valence-electron chi connectivity index (χ2n) is 4.05. The molecule has 0 saturated carbocycles. The molecule has 0 bridgehead atoms. The molecule has 0 aliphatic rings. The van der Waals surface area contributed by atoms with Gasteiger partial charge in [-0.25, -0.2) is 0 Å². The second kappa shape index (κ2) is 5.14. The lowest BCUT2D eigenvalue weighted by Crippen LogP contribution is -2.13. The number of aryl methyl sites for hydroxylation is 1. The van der Waals surface area contributed by atoms with E-state index in [2.05, 4.69) is 0 Å². The maximum absolute atomic E-state index is 6.23. The van der Waals surface area contributed by atoms with Gasteiger partial charge in [-0.1, -0.05) is 0 Å². The summed E-state index contributed by atoms with van der Waals surface area (Å²) in [4.78, 5) is 0. The molecule has 18 heavy (non-hydrogen) atoms. The zero-order chi connectivity index (χ0) is 13.1. The summed E-state index contributed by atoms with van der Waals surface area (Å²) in [6, 6.07) is 7.06. The quantitative estimate of drug-likeness (QED) is 0.902. The predicted octanol–water partition coefficient (Wildman–Crippen LogP) is 2.65. The topological polar surface area (TPSA) is 57.6 Å². The number of methoxy groups -OCH3 is 2. The Balaban J connectivity index is 2.45. The van der Waals surface area contributed by atoms with Crippen molar-refractivity contribution in [2.75, 3.05) is 14.2 Å². The largest absolute Gasteiger partial charge is 0.497 e. The van der Waals surface area contributed by atoms with E-state index in [-0.39, 0.29) is 6.04 Å². The summed E-state index contributed by atoms with van der Waals surface area (Å²) in [6.45, 7) is 1.96. The summed E-state index contributed by atoms with van der Waals surface area (Å²) in [5.41, 5.74) is 8.10. The molecule has 2 N–H and O–H groups in total. The summed E-state index contributed by atoms with van der Waals surface area (Å²) in [6.07, 6.45) is 1.64. The highest BCUT2D eigenvalue weighted by molar-refractivity contribution is 5.45. The van der Waals surface area contributed by atoms with Crippen LogP contribution in [0.25, 0.3) is 0 Å². The first-order valence-corrected chi connectivity index (χ1v) is 5.69. The average Bonchev–Trinajstić information content (AvgIpc) is 2.83. The van der Waals surface area contributed by atoms with E-state index in [0.29, 0.717) is 0 Å². The van der Waals surface area contributed by atoms with Crippen LogP contribution in [0, 0.1) is 6.92 Å². The molecular formula is C14H17NO3. The van der Waals surface area contributed by atoms with Gasteiger partial charge in [-0.15, -0.1) is 0 Å². The normalized spacial score (nSPS) is 12.2. The SMILES string of the molecule is COc1ccc(OC)c(C(N)c2occc2C)c1. The van der Waals surface area contributed by atoms with E-state index in [1.807, 2.05) is 31.2 Å². The second-order valence-corrected chi connectivity index (χ2v) is 4.05. The molecule has 4 nitrogen and oxygen atoms in total. The minimum absolute atomic E-state index is 0.370. The van der Waals surface area contributed by atoms with Gasteiger partial charge in [0.05, 0.1) is 26.5 Å². The van der Waals surface area contributed by atoms with E-state index in [1.165, 1.54) is 0 Å². The van der Waals surface area contributed by atoms with Gasteiger partial charge in [0.2, 0.25) is 0 Å². The third-order valence-electron chi connectivity index (χ3n) is 2.96. The van der Waals surface area contributed by atoms with Crippen LogP contribution >= 0.6 is 0 Å². The highest BCUT2D eigenvalue weighted by Gasteiger charge is 2.19. The lowest BCUT2D eigenvalue weighted by Gasteiger charge is -2.15. The van der Waals surface area contributed by atoms with Crippen molar-refractivity contribution < 1.29 is 13.9 Å². The van der Waals surface area contributed by atoms with Gasteiger partial charge in [-0.2, -0.15) is 0 Å². The van der Waals surface area contributed by atoms with Crippen LogP contribution in [0.4, 0.5) is 0 Å². The van der Waals surface area contributed by atoms with E-state index in [4.69, 9.17) is 19.6 Å². The number of hydrogen-bond donors (Lipinski definition) is 1. The van der Waals surface area contributed by atoms with Crippen molar-refractivity contribution in [1.29, 1.82) is 0 Å². The van der Waals surface area contributed by atoms with E-state index in [0.717, 1.165) is 28.4 Å². The van der Waals surface area contributed by atoms with Crippen molar-refractivity contribution in [3.8, 4) is 11.5 Å². The Morgan fingerprint density at radius 2 is 1.94 bits per heavy atom. The van der Waals surface area contributed by atoms with Crippen LogP contribution in [0.1, 0.15) is 22.9 Å². The fraction of sp³-hybridized carbons (Fsp3) is 0.286. The molecule has 1 heterocycles. The first-order chi connectivity index (χ1) is 8.67. The molecule has 0 saturated heterocycles. The molecule has 2 rings (SSSR count). The molecule has 0 radical (unpaired) electrons. The smallest absolute Gasteiger partial charge is 0.128 e. The molecule has 0 amide bonds. The predicted molar refractivity (Wildman–Crippen MR) is 69.0 cm³/mol. The fourth-order valence-corrected chi connectivity index (χ4v) is 1.93. The maximum Gasteiger partial charge on any atom is 0.128 e. The molecule has 1 aromatic carbocycles. The lowest BCUT2D eigenvalue weighted by molar-refractivity contribution is 0.393. The van der Waals surface area contributed by atoms with Crippen LogP contribution in [0.5, 0.6) is 11.5 Å². The van der Waals surface area contributed by atoms with Crippen molar-refractivity contribution in [2.45, 2.75) is 13.0 Å². The van der Waals surface area contributed by atoms with Crippen LogP contribution < -0.4 is 15.2 Å². The first kappa shape index (κ1) is 12.5. The number of nitrogens with two attached hydrogens (primary N) is 1. The highest BCUT2D eigenvalue weighted by atomic mass is 16.5. The summed E-state index contributed by atoms with van der Waals surface area (Å²) in [5, 5.41) is 0. The summed E-state index contributed by atoms with van der Waals surface area (Å²) in [7, 11) is 3.24. The average molecular weight is 247 g/mol. The molecule has 1 atom stereocenters. The highest BCUT2D eigenvalue weighted by Crippen LogP contribution is 2.33. The van der Waals surface area contributed by atoms with Crippen molar-refractivity contribution in [1.82, 2.24) is 0 Å². The lowest BCUT2D eigenvalue weighted by atomic mass is 10.0. The Kier molecular flexibility index (Phi) is 3.58. The van der Waals surface area contributed by atoms with Crippen LogP contribution in [-0.2, 0) is 0 Å². The van der Waals surface area contributed by atoms with E-state index in [9.17, 15) is 0 Å². The third-order valence-corrected chi connectivity index (χ3v) is 2.96. The van der Waals surface area contributed by atoms with E-state index >= 15 is 0 Å². The van der Waals surface area contributed by atoms with Gasteiger partial charge >= 0.3 is 0 Å². The molecular weight excluding hydrogens is 230 g/mol. The van der Waals surface area contributed by atoms with Crippen LogP contribution in [0.2, 0.25) is 0 Å². The monoisotopic (exact) mass is 247 g/mol. The third kappa shape index (κ3) is 2.19. The number of ether oxygens (including phenoxy) is 2. The van der Waals surface area contributed by atoms with Crippen molar-refractivity contribution >= 4 is 0 Å². The first-order valence-electron chi connectivity index (χ1n) is 5.69.